The maximum Gasteiger partial charge on any atom is 0.307 e. The molecule has 0 radical (unpaired) electrons. The smallest absolute Gasteiger partial charge is 0.307 e. The van der Waals surface area contributed by atoms with Gasteiger partial charge in [0, 0.05) is 6.42 Å². The van der Waals surface area contributed by atoms with Crippen LogP contribution >= 0.6 is 0 Å². The average molecular weight is 409 g/mol. The second-order valence-corrected chi connectivity index (χ2v) is 8.12. The van der Waals surface area contributed by atoms with Crippen LogP contribution in [0.3, 0.4) is 0 Å². The molecule has 160 valence electrons. The van der Waals surface area contributed by atoms with Gasteiger partial charge in [0.2, 0.25) is 0 Å². The number of benzene rings is 2. The molecule has 0 aromatic heterocycles. The first kappa shape index (κ1) is 23.3. The zero-order chi connectivity index (χ0) is 22.0. The molecule has 30 heavy (non-hydrogen) atoms. The number of carbonyl (C=O) groups is 1. The minimum Gasteiger partial charge on any atom is -0.493 e. The van der Waals surface area contributed by atoms with Crippen molar-refractivity contribution in [3.8, 4) is 23.3 Å². The van der Waals surface area contributed by atoms with E-state index in [0.29, 0.717) is 13.2 Å². The lowest BCUT2D eigenvalue weighted by molar-refractivity contribution is -0.140. The molecule has 1 atom stereocenters. The number of hydrogen-bond donors (Lipinski definition) is 0. The normalized spacial score (nSPS) is 11.8. The minimum absolute atomic E-state index is 0.104. The van der Waals surface area contributed by atoms with Gasteiger partial charge in [-0.3, -0.25) is 4.79 Å². The SMILES string of the molecule is CC#CC(CC(=O)OC)c1ccc(OCCCOc2cccc(C(C)(C)C)c2)cc1. The van der Waals surface area contributed by atoms with Crippen LogP contribution in [0.4, 0.5) is 0 Å². The molecule has 4 heteroatoms. The first-order valence-electron chi connectivity index (χ1n) is 10.3. The Balaban J connectivity index is 1.80. The summed E-state index contributed by atoms with van der Waals surface area (Å²) in [6.45, 7) is 9.51. The molecule has 0 aliphatic rings. The summed E-state index contributed by atoms with van der Waals surface area (Å²) in [5.74, 6) is 7.18. The summed E-state index contributed by atoms with van der Waals surface area (Å²) in [5.41, 5.74) is 2.34. The Morgan fingerprint density at radius 2 is 1.67 bits per heavy atom. The molecule has 0 N–H and O–H groups in total. The highest BCUT2D eigenvalue weighted by Gasteiger charge is 2.15. The fourth-order valence-electron chi connectivity index (χ4n) is 2.96. The van der Waals surface area contributed by atoms with E-state index >= 15 is 0 Å². The van der Waals surface area contributed by atoms with Crippen LogP contribution in [0.2, 0.25) is 0 Å². The molecular formula is C26H32O4. The van der Waals surface area contributed by atoms with Crippen LogP contribution in [0.1, 0.15) is 57.6 Å². The van der Waals surface area contributed by atoms with Crippen LogP contribution < -0.4 is 9.47 Å². The van der Waals surface area contributed by atoms with Gasteiger partial charge in [-0.1, -0.05) is 51.0 Å². The summed E-state index contributed by atoms with van der Waals surface area (Å²) in [4.78, 5) is 11.6. The van der Waals surface area contributed by atoms with Gasteiger partial charge in [0.25, 0.3) is 0 Å². The molecule has 0 aliphatic carbocycles. The summed E-state index contributed by atoms with van der Waals surface area (Å²) in [6.07, 6.45) is 1.03. The van der Waals surface area contributed by atoms with Crippen LogP contribution in [-0.2, 0) is 14.9 Å². The topological polar surface area (TPSA) is 44.8 Å². The van der Waals surface area contributed by atoms with Gasteiger partial charge < -0.3 is 14.2 Å². The molecule has 0 saturated carbocycles. The largest absolute Gasteiger partial charge is 0.493 e. The fraction of sp³-hybridized carbons (Fsp3) is 0.423. The third kappa shape index (κ3) is 7.48. The lowest BCUT2D eigenvalue weighted by Crippen LogP contribution is -2.11. The van der Waals surface area contributed by atoms with Crippen molar-refractivity contribution in [1.82, 2.24) is 0 Å². The molecule has 0 bridgehead atoms. The van der Waals surface area contributed by atoms with E-state index in [0.717, 1.165) is 23.5 Å². The van der Waals surface area contributed by atoms with E-state index in [2.05, 4.69) is 44.7 Å². The van der Waals surface area contributed by atoms with Crippen molar-refractivity contribution in [3.63, 3.8) is 0 Å². The zero-order valence-electron chi connectivity index (χ0n) is 18.7. The van der Waals surface area contributed by atoms with Crippen LogP contribution in [0, 0.1) is 11.8 Å². The quantitative estimate of drug-likeness (QED) is 0.312. The molecule has 0 aliphatic heterocycles. The standard InChI is InChI=1S/C26H32O4/c1-6-9-21(18-25(27)28-5)20-12-14-23(15-13-20)29-16-8-17-30-24-11-7-10-22(19-24)26(2,3)4/h7,10-15,19,21H,8,16-18H2,1-5H3. The average Bonchev–Trinajstić information content (AvgIpc) is 2.73. The number of methoxy groups -OCH3 is 1. The number of hydrogen-bond acceptors (Lipinski definition) is 4. The molecule has 0 spiro atoms. The summed E-state index contributed by atoms with van der Waals surface area (Å²) in [5, 5.41) is 0. The second-order valence-electron chi connectivity index (χ2n) is 8.12. The van der Waals surface area contributed by atoms with Crippen LogP contribution in [-0.4, -0.2) is 26.3 Å². The summed E-state index contributed by atoms with van der Waals surface area (Å²) < 4.78 is 16.4. The third-order valence-electron chi connectivity index (χ3n) is 4.73. The third-order valence-corrected chi connectivity index (χ3v) is 4.73. The monoisotopic (exact) mass is 408 g/mol. The molecule has 1 unspecified atom stereocenters. The first-order valence-corrected chi connectivity index (χ1v) is 10.3. The highest BCUT2D eigenvalue weighted by molar-refractivity contribution is 5.71. The Bertz CT molecular complexity index is 866. The van der Waals surface area contributed by atoms with Gasteiger partial charge >= 0.3 is 5.97 Å². The highest BCUT2D eigenvalue weighted by Crippen LogP contribution is 2.26. The Labute approximate surface area is 180 Å². The Kier molecular flexibility index (Phi) is 8.80. The van der Waals surface area contributed by atoms with E-state index in [-0.39, 0.29) is 23.7 Å². The van der Waals surface area contributed by atoms with Gasteiger partial charge in [-0.2, -0.15) is 0 Å². The van der Waals surface area contributed by atoms with E-state index in [1.54, 1.807) is 6.92 Å². The van der Waals surface area contributed by atoms with Crippen molar-refractivity contribution in [2.45, 2.75) is 51.9 Å². The van der Waals surface area contributed by atoms with Gasteiger partial charge in [-0.25, -0.2) is 0 Å². The molecular weight excluding hydrogens is 376 g/mol. The summed E-state index contributed by atoms with van der Waals surface area (Å²) in [7, 11) is 1.39. The number of carbonyl (C=O) groups excluding carboxylic acids is 1. The van der Waals surface area contributed by atoms with Crippen LogP contribution in [0.5, 0.6) is 11.5 Å². The lowest BCUT2D eigenvalue weighted by Gasteiger charge is -2.19. The molecule has 0 amide bonds. The molecule has 4 nitrogen and oxygen atoms in total. The molecule has 2 rings (SSSR count). The van der Waals surface area contributed by atoms with Crippen molar-refractivity contribution < 1.29 is 19.0 Å². The summed E-state index contributed by atoms with van der Waals surface area (Å²) >= 11 is 0. The van der Waals surface area contributed by atoms with Crippen molar-refractivity contribution in [2.24, 2.45) is 0 Å². The molecule has 0 saturated heterocycles. The van der Waals surface area contributed by atoms with Gasteiger partial charge in [0.15, 0.2) is 0 Å². The van der Waals surface area contributed by atoms with Gasteiger partial charge in [0.1, 0.15) is 11.5 Å². The van der Waals surface area contributed by atoms with E-state index < -0.39 is 0 Å². The fourth-order valence-corrected chi connectivity index (χ4v) is 2.96. The van der Waals surface area contributed by atoms with Crippen molar-refractivity contribution in [3.05, 3.63) is 59.7 Å². The Hall–Kier alpha value is -2.93. The predicted octanol–water partition coefficient (Wildman–Crippen LogP) is 5.50. The van der Waals surface area contributed by atoms with Gasteiger partial charge in [0.05, 0.1) is 32.7 Å². The molecule has 2 aromatic rings. The summed E-state index contributed by atoms with van der Waals surface area (Å²) in [6, 6.07) is 16.0. The van der Waals surface area contributed by atoms with Crippen LogP contribution in [0.25, 0.3) is 0 Å². The van der Waals surface area contributed by atoms with E-state index in [4.69, 9.17) is 14.2 Å². The van der Waals surface area contributed by atoms with Gasteiger partial charge in [-0.05, 0) is 47.7 Å². The molecule has 0 fully saturated rings. The van der Waals surface area contributed by atoms with E-state index in [1.165, 1.54) is 12.7 Å². The molecule has 0 heterocycles. The number of ether oxygens (including phenoxy) is 3. The van der Waals surface area contributed by atoms with E-state index in [1.807, 2.05) is 36.4 Å². The second kappa shape index (κ2) is 11.3. The van der Waals surface area contributed by atoms with Crippen LogP contribution in [0.15, 0.2) is 48.5 Å². The van der Waals surface area contributed by atoms with Crippen molar-refractivity contribution in [1.29, 1.82) is 0 Å². The number of esters is 1. The number of rotatable bonds is 9. The van der Waals surface area contributed by atoms with Crippen molar-refractivity contribution in [2.75, 3.05) is 20.3 Å². The molecule has 2 aromatic carbocycles. The lowest BCUT2D eigenvalue weighted by atomic mass is 9.87. The maximum absolute atomic E-state index is 11.6. The maximum atomic E-state index is 11.6. The first-order chi connectivity index (χ1) is 14.3. The predicted molar refractivity (Wildman–Crippen MR) is 120 cm³/mol. The zero-order valence-corrected chi connectivity index (χ0v) is 18.7. The van der Waals surface area contributed by atoms with E-state index in [9.17, 15) is 4.79 Å². The minimum atomic E-state index is -0.267. The van der Waals surface area contributed by atoms with Crippen molar-refractivity contribution >= 4 is 5.97 Å². The van der Waals surface area contributed by atoms with Gasteiger partial charge in [-0.15, -0.1) is 5.92 Å². The Morgan fingerprint density at radius 1 is 1.00 bits per heavy atom. The Morgan fingerprint density at radius 3 is 2.27 bits per heavy atom. The highest BCUT2D eigenvalue weighted by atomic mass is 16.5.